The largest absolute Gasteiger partial charge is 0.461 e. The SMILES string of the molecule is NCCn1c(-c2ccco2)nc2ccccc21. The number of furan rings is 1. The van der Waals surface area contributed by atoms with Gasteiger partial charge in [0.15, 0.2) is 11.6 Å². The molecule has 0 fully saturated rings. The van der Waals surface area contributed by atoms with Gasteiger partial charge in [-0.3, -0.25) is 0 Å². The van der Waals surface area contributed by atoms with Crippen molar-refractivity contribution in [3.05, 3.63) is 42.7 Å². The van der Waals surface area contributed by atoms with Crippen LogP contribution in [0.1, 0.15) is 0 Å². The summed E-state index contributed by atoms with van der Waals surface area (Å²) in [5.41, 5.74) is 7.71. The summed E-state index contributed by atoms with van der Waals surface area (Å²) in [6, 6.07) is 11.8. The van der Waals surface area contributed by atoms with Crippen LogP contribution in [0.2, 0.25) is 0 Å². The molecule has 2 N–H and O–H groups in total. The fourth-order valence-corrected chi connectivity index (χ4v) is 2.02. The average Bonchev–Trinajstić information content (AvgIpc) is 2.97. The number of para-hydroxylation sites is 2. The second kappa shape index (κ2) is 4.07. The van der Waals surface area contributed by atoms with Gasteiger partial charge in [0, 0.05) is 13.1 Å². The molecule has 3 aromatic rings. The minimum Gasteiger partial charge on any atom is -0.461 e. The van der Waals surface area contributed by atoms with Crippen LogP contribution in [0.4, 0.5) is 0 Å². The highest BCUT2D eigenvalue weighted by Gasteiger charge is 2.13. The highest BCUT2D eigenvalue weighted by Crippen LogP contribution is 2.24. The molecule has 86 valence electrons. The minimum atomic E-state index is 0.577. The summed E-state index contributed by atoms with van der Waals surface area (Å²) in [4.78, 5) is 4.59. The molecule has 0 radical (unpaired) electrons. The van der Waals surface area contributed by atoms with E-state index in [-0.39, 0.29) is 0 Å². The molecule has 4 heteroatoms. The average molecular weight is 227 g/mol. The molecule has 0 aliphatic carbocycles. The Morgan fingerprint density at radius 3 is 2.82 bits per heavy atom. The van der Waals surface area contributed by atoms with Gasteiger partial charge in [0.05, 0.1) is 17.3 Å². The summed E-state index contributed by atoms with van der Waals surface area (Å²) >= 11 is 0. The van der Waals surface area contributed by atoms with Gasteiger partial charge in [0.2, 0.25) is 0 Å². The topological polar surface area (TPSA) is 57.0 Å². The summed E-state index contributed by atoms with van der Waals surface area (Å²) < 4.78 is 7.50. The smallest absolute Gasteiger partial charge is 0.177 e. The van der Waals surface area contributed by atoms with Gasteiger partial charge in [0.1, 0.15) is 0 Å². The lowest BCUT2D eigenvalue weighted by Gasteiger charge is -2.05. The quantitative estimate of drug-likeness (QED) is 0.746. The van der Waals surface area contributed by atoms with Gasteiger partial charge in [-0.05, 0) is 24.3 Å². The minimum absolute atomic E-state index is 0.577. The summed E-state index contributed by atoms with van der Waals surface area (Å²) in [6.45, 7) is 1.31. The second-order valence-electron chi connectivity index (χ2n) is 3.84. The van der Waals surface area contributed by atoms with Gasteiger partial charge in [-0.1, -0.05) is 12.1 Å². The van der Waals surface area contributed by atoms with Gasteiger partial charge in [0.25, 0.3) is 0 Å². The molecule has 0 saturated carbocycles. The first-order chi connectivity index (χ1) is 8.40. The Kier molecular flexibility index (Phi) is 2.42. The van der Waals surface area contributed by atoms with Crippen molar-refractivity contribution in [3.63, 3.8) is 0 Å². The normalized spacial score (nSPS) is 11.1. The molecule has 2 heterocycles. The van der Waals surface area contributed by atoms with E-state index in [9.17, 15) is 0 Å². The van der Waals surface area contributed by atoms with E-state index in [0.29, 0.717) is 6.54 Å². The summed E-state index contributed by atoms with van der Waals surface area (Å²) in [6.07, 6.45) is 1.65. The number of nitrogens with zero attached hydrogens (tertiary/aromatic N) is 2. The van der Waals surface area contributed by atoms with E-state index in [4.69, 9.17) is 10.2 Å². The van der Waals surface area contributed by atoms with Crippen molar-refractivity contribution in [3.8, 4) is 11.6 Å². The Hall–Kier alpha value is -2.07. The van der Waals surface area contributed by atoms with E-state index >= 15 is 0 Å². The standard InChI is InChI=1S/C13H13N3O/c14-7-8-16-11-5-2-1-4-10(11)15-13(16)12-6-3-9-17-12/h1-6,9H,7-8,14H2. The number of nitrogens with two attached hydrogens (primary N) is 1. The molecule has 17 heavy (non-hydrogen) atoms. The third-order valence-electron chi connectivity index (χ3n) is 2.75. The summed E-state index contributed by atoms with van der Waals surface area (Å²) in [5, 5.41) is 0. The zero-order valence-corrected chi connectivity index (χ0v) is 9.34. The van der Waals surface area contributed by atoms with Crippen molar-refractivity contribution in [2.75, 3.05) is 6.54 Å². The monoisotopic (exact) mass is 227 g/mol. The second-order valence-corrected chi connectivity index (χ2v) is 3.84. The van der Waals surface area contributed by atoms with Crippen molar-refractivity contribution >= 4 is 11.0 Å². The lowest BCUT2D eigenvalue weighted by molar-refractivity contribution is 0.570. The Morgan fingerprint density at radius 2 is 2.06 bits per heavy atom. The van der Waals surface area contributed by atoms with Crippen LogP contribution >= 0.6 is 0 Å². The van der Waals surface area contributed by atoms with Gasteiger partial charge in [-0.2, -0.15) is 0 Å². The Labute approximate surface area is 98.7 Å². The van der Waals surface area contributed by atoms with Gasteiger partial charge < -0.3 is 14.7 Å². The van der Waals surface area contributed by atoms with E-state index in [1.807, 2.05) is 36.4 Å². The first kappa shape index (κ1) is 10.1. The van der Waals surface area contributed by atoms with E-state index in [1.165, 1.54) is 0 Å². The maximum absolute atomic E-state index is 5.65. The van der Waals surface area contributed by atoms with Crippen molar-refractivity contribution < 1.29 is 4.42 Å². The predicted molar refractivity (Wildman–Crippen MR) is 66.5 cm³/mol. The number of aromatic nitrogens is 2. The molecule has 2 aromatic heterocycles. The van der Waals surface area contributed by atoms with Crippen molar-refractivity contribution in [2.45, 2.75) is 6.54 Å². The van der Waals surface area contributed by atoms with Crippen LogP contribution in [0.5, 0.6) is 0 Å². The molecule has 0 spiro atoms. The number of imidazole rings is 1. The molecular weight excluding hydrogens is 214 g/mol. The highest BCUT2D eigenvalue weighted by atomic mass is 16.3. The zero-order chi connectivity index (χ0) is 11.7. The Balaban J connectivity index is 2.26. The van der Waals surface area contributed by atoms with Crippen LogP contribution in [-0.2, 0) is 6.54 Å². The lowest BCUT2D eigenvalue weighted by Crippen LogP contribution is -2.10. The van der Waals surface area contributed by atoms with Crippen LogP contribution in [0.3, 0.4) is 0 Å². The molecule has 0 saturated heterocycles. The van der Waals surface area contributed by atoms with Crippen LogP contribution in [-0.4, -0.2) is 16.1 Å². The van der Waals surface area contributed by atoms with Gasteiger partial charge in [-0.25, -0.2) is 4.98 Å². The van der Waals surface area contributed by atoms with E-state index in [0.717, 1.165) is 29.2 Å². The molecule has 3 rings (SSSR count). The number of hydrogen-bond acceptors (Lipinski definition) is 3. The van der Waals surface area contributed by atoms with Crippen LogP contribution < -0.4 is 5.73 Å². The zero-order valence-electron chi connectivity index (χ0n) is 9.34. The lowest BCUT2D eigenvalue weighted by atomic mass is 10.3. The first-order valence-corrected chi connectivity index (χ1v) is 5.59. The van der Waals surface area contributed by atoms with Crippen molar-refractivity contribution in [1.29, 1.82) is 0 Å². The highest BCUT2D eigenvalue weighted by molar-refractivity contribution is 5.79. The third kappa shape index (κ3) is 1.62. The fraction of sp³-hybridized carbons (Fsp3) is 0.154. The van der Waals surface area contributed by atoms with E-state index < -0.39 is 0 Å². The first-order valence-electron chi connectivity index (χ1n) is 5.59. The third-order valence-corrected chi connectivity index (χ3v) is 2.75. The number of benzene rings is 1. The Morgan fingerprint density at radius 1 is 1.18 bits per heavy atom. The molecule has 0 unspecified atom stereocenters. The molecule has 4 nitrogen and oxygen atoms in total. The molecule has 0 amide bonds. The summed E-state index contributed by atoms with van der Waals surface area (Å²) in [7, 11) is 0. The fourth-order valence-electron chi connectivity index (χ4n) is 2.02. The molecule has 0 atom stereocenters. The van der Waals surface area contributed by atoms with Gasteiger partial charge >= 0.3 is 0 Å². The molecular formula is C13H13N3O. The Bertz CT molecular complexity index is 625. The predicted octanol–water partition coefficient (Wildman–Crippen LogP) is 2.25. The number of rotatable bonds is 3. The molecule has 0 aliphatic heterocycles. The van der Waals surface area contributed by atoms with Crippen LogP contribution in [0.25, 0.3) is 22.6 Å². The maximum Gasteiger partial charge on any atom is 0.177 e. The van der Waals surface area contributed by atoms with Crippen molar-refractivity contribution in [1.82, 2.24) is 9.55 Å². The van der Waals surface area contributed by atoms with Crippen LogP contribution in [0.15, 0.2) is 47.1 Å². The molecule has 1 aromatic carbocycles. The number of hydrogen-bond donors (Lipinski definition) is 1. The summed E-state index contributed by atoms with van der Waals surface area (Å²) in [5.74, 6) is 1.61. The number of fused-ring (bicyclic) bond motifs is 1. The molecule has 0 aliphatic rings. The van der Waals surface area contributed by atoms with Crippen molar-refractivity contribution in [2.24, 2.45) is 5.73 Å². The van der Waals surface area contributed by atoms with Gasteiger partial charge in [-0.15, -0.1) is 0 Å². The van der Waals surface area contributed by atoms with Crippen LogP contribution in [0, 0.1) is 0 Å². The maximum atomic E-state index is 5.65. The van der Waals surface area contributed by atoms with E-state index in [2.05, 4.69) is 9.55 Å². The molecule has 0 bridgehead atoms. The van der Waals surface area contributed by atoms with E-state index in [1.54, 1.807) is 6.26 Å².